The monoisotopic (exact) mass is 217 g/mol. The van der Waals surface area contributed by atoms with Crippen molar-refractivity contribution in [2.45, 2.75) is 44.9 Å². The first-order valence-electron chi connectivity index (χ1n) is 6.55. The summed E-state index contributed by atoms with van der Waals surface area (Å²) < 4.78 is 0. The molecule has 1 fully saturated rings. The molecule has 1 heteroatoms. The standard InChI is InChI=1S/C15H23N/c1-3-4-13-5-7-14(8-6-13)15(2)9-11-16-12-10-15/h5-8,16H,3-4,9-12H2,1-2H3. The summed E-state index contributed by atoms with van der Waals surface area (Å²) in [7, 11) is 0. The van der Waals surface area contributed by atoms with E-state index in [1.165, 1.54) is 36.8 Å². The zero-order valence-electron chi connectivity index (χ0n) is 10.6. The van der Waals surface area contributed by atoms with E-state index in [1.54, 1.807) is 0 Å². The third-order valence-corrected chi connectivity index (χ3v) is 3.90. The molecule has 0 spiro atoms. The normalized spacial score (nSPS) is 19.6. The van der Waals surface area contributed by atoms with E-state index in [1.807, 2.05) is 0 Å². The lowest BCUT2D eigenvalue weighted by Gasteiger charge is -2.34. The van der Waals surface area contributed by atoms with Crippen molar-refractivity contribution < 1.29 is 0 Å². The van der Waals surface area contributed by atoms with Gasteiger partial charge in [0.2, 0.25) is 0 Å². The Kier molecular flexibility index (Phi) is 3.65. The molecule has 1 aliphatic heterocycles. The molecule has 0 saturated carbocycles. The smallest absolute Gasteiger partial charge is 0.00405 e. The zero-order valence-corrected chi connectivity index (χ0v) is 10.6. The Bertz CT molecular complexity index is 320. The van der Waals surface area contributed by atoms with Gasteiger partial charge in [-0.25, -0.2) is 0 Å². The van der Waals surface area contributed by atoms with E-state index in [9.17, 15) is 0 Å². The van der Waals surface area contributed by atoms with E-state index in [0.29, 0.717) is 5.41 Å². The van der Waals surface area contributed by atoms with Crippen LogP contribution in [-0.4, -0.2) is 13.1 Å². The highest BCUT2D eigenvalue weighted by molar-refractivity contribution is 5.29. The average Bonchev–Trinajstić information content (AvgIpc) is 2.31. The Labute approximate surface area is 99.3 Å². The van der Waals surface area contributed by atoms with E-state index in [0.717, 1.165) is 13.1 Å². The molecule has 1 aromatic carbocycles. The maximum absolute atomic E-state index is 3.44. The third kappa shape index (κ3) is 2.46. The van der Waals surface area contributed by atoms with Crippen LogP contribution in [0.3, 0.4) is 0 Å². The summed E-state index contributed by atoms with van der Waals surface area (Å²) in [6, 6.07) is 9.31. The van der Waals surface area contributed by atoms with Crippen LogP contribution in [0.5, 0.6) is 0 Å². The quantitative estimate of drug-likeness (QED) is 0.819. The van der Waals surface area contributed by atoms with E-state index in [-0.39, 0.29) is 0 Å². The van der Waals surface area contributed by atoms with Gasteiger partial charge >= 0.3 is 0 Å². The highest BCUT2D eigenvalue weighted by Crippen LogP contribution is 2.32. The molecule has 0 aromatic heterocycles. The van der Waals surface area contributed by atoms with E-state index in [4.69, 9.17) is 0 Å². The first-order valence-corrected chi connectivity index (χ1v) is 6.55. The van der Waals surface area contributed by atoms with Crippen LogP contribution < -0.4 is 5.32 Å². The molecule has 1 N–H and O–H groups in total. The summed E-state index contributed by atoms with van der Waals surface area (Å²) in [5, 5.41) is 3.44. The molecule has 0 bridgehead atoms. The maximum Gasteiger partial charge on any atom is -0.00405 e. The number of piperidine rings is 1. The molecule has 1 aliphatic rings. The van der Waals surface area contributed by atoms with Crippen molar-refractivity contribution in [1.82, 2.24) is 5.32 Å². The van der Waals surface area contributed by atoms with Crippen LogP contribution in [0.2, 0.25) is 0 Å². The molecule has 88 valence electrons. The van der Waals surface area contributed by atoms with Crippen LogP contribution in [0.1, 0.15) is 44.2 Å². The van der Waals surface area contributed by atoms with Crippen LogP contribution in [0.15, 0.2) is 24.3 Å². The van der Waals surface area contributed by atoms with Gasteiger partial charge in [-0.1, -0.05) is 44.5 Å². The Morgan fingerprint density at radius 2 is 1.75 bits per heavy atom. The van der Waals surface area contributed by atoms with Crippen LogP contribution in [0.4, 0.5) is 0 Å². The van der Waals surface area contributed by atoms with Gasteiger partial charge in [0.15, 0.2) is 0 Å². The topological polar surface area (TPSA) is 12.0 Å². The van der Waals surface area contributed by atoms with Crippen molar-refractivity contribution >= 4 is 0 Å². The van der Waals surface area contributed by atoms with Gasteiger partial charge in [0.25, 0.3) is 0 Å². The van der Waals surface area contributed by atoms with E-state index < -0.39 is 0 Å². The summed E-state index contributed by atoms with van der Waals surface area (Å²) in [6.45, 7) is 6.96. The second-order valence-electron chi connectivity index (χ2n) is 5.26. The lowest BCUT2D eigenvalue weighted by atomic mass is 9.75. The fourth-order valence-electron chi connectivity index (χ4n) is 2.63. The van der Waals surface area contributed by atoms with Gasteiger partial charge in [-0.15, -0.1) is 0 Å². The van der Waals surface area contributed by atoms with Gasteiger partial charge in [-0.05, 0) is 48.9 Å². The molecule has 1 nitrogen and oxygen atoms in total. The molecule has 2 rings (SSSR count). The van der Waals surface area contributed by atoms with Crippen LogP contribution in [0, 0.1) is 0 Å². The maximum atomic E-state index is 3.44. The van der Waals surface area contributed by atoms with Gasteiger partial charge < -0.3 is 5.32 Å². The fourth-order valence-corrected chi connectivity index (χ4v) is 2.63. The summed E-state index contributed by atoms with van der Waals surface area (Å²) >= 11 is 0. The Morgan fingerprint density at radius 1 is 1.12 bits per heavy atom. The Morgan fingerprint density at radius 3 is 2.31 bits per heavy atom. The molecule has 0 radical (unpaired) electrons. The van der Waals surface area contributed by atoms with Crippen LogP contribution in [0.25, 0.3) is 0 Å². The number of aryl methyl sites for hydroxylation is 1. The lowest BCUT2D eigenvalue weighted by molar-refractivity contribution is 0.335. The lowest BCUT2D eigenvalue weighted by Crippen LogP contribution is -2.37. The number of hydrogen-bond donors (Lipinski definition) is 1. The Balaban J connectivity index is 2.13. The first kappa shape index (κ1) is 11.7. The largest absolute Gasteiger partial charge is 0.317 e. The van der Waals surface area contributed by atoms with Crippen molar-refractivity contribution in [1.29, 1.82) is 0 Å². The van der Waals surface area contributed by atoms with Gasteiger partial charge in [-0.3, -0.25) is 0 Å². The number of benzene rings is 1. The van der Waals surface area contributed by atoms with Crippen molar-refractivity contribution in [3.05, 3.63) is 35.4 Å². The number of hydrogen-bond acceptors (Lipinski definition) is 1. The van der Waals surface area contributed by atoms with Gasteiger partial charge in [0.05, 0.1) is 0 Å². The Hall–Kier alpha value is -0.820. The first-order chi connectivity index (χ1) is 7.74. The summed E-state index contributed by atoms with van der Waals surface area (Å²) in [4.78, 5) is 0. The fraction of sp³-hybridized carbons (Fsp3) is 0.600. The van der Waals surface area contributed by atoms with Crippen molar-refractivity contribution in [2.75, 3.05) is 13.1 Å². The molecule has 0 aliphatic carbocycles. The van der Waals surface area contributed by atoms with Gasteiger partial charge in [0, 0.05) is 0 Å². The number of rotatable bonds is 3. The van der Waals surface area contributed by atoms with Gasteiger partial charge in [-0.2, -0.15) is 0 Å². The molecular weight excluding hydrogens is 194 g/mol. The van der Waals surface area contributed by atoms with Gasteiger partial charge in [0.1, 0.15) is 0 Å². The summed E-state index contributed by atoms with van der Waals surface area (Å²) in [5.74, 6) is 0. The molecule has 0 unspecified atom stereocenters. The van der Waals surface area contributed by atoms with Crippen molar-refractivity contribution in [2.24, 2.45) is 0 Å². The van der Waals surface area contributed by atoms with E-state index in [2.05, 4.69) is 43.4 Å². The minimum Gasteiger partial charge on any atom is -0.317 e. The molecule has 0 amide bonds. The summed E-state index contributed by atoms with van der Waals surface area (Å²) in [5.41, 5.74) is 3.40. The molecule has 0 atom stereocenters. The highest BCUT2D eigenvalue weighted by Gasteiger charge is 2.28. The zero-order chi connectivity index (χ0) is 11.4. The number of nitrogens with one attached hydrogen (secondary N) is 1. The predicted molar refractivity (Wildman–Crippen MR) is 69.9 cm³/mol. The summed E-state index contributed by atoms with van der Waals surface area (Å²) in [6.07, 6.45) is 4.97. The van der Waals surface area contributed by atoms with Crippen LogP contribution in [-0.2, 0) is 11.8 Å². The van der Waals surface area contributed by atoms with E-state index >= 15 is 0 Å². The predicted octanol–water partition coefficient (Wildman–Crippen LogP) is 3.28. The molecular formula is C15H23N. The molecule has 1 heterocycles. The van der Waals surface area contributed by atoms with Crippen molar-refractivity contribution in [3.63, 3.8) is 0 Å². The molecule has 1 aromatic rings. The highest BCUT2D eigenvalue weighted by atomic mass is 14.9. The third-order valence-electron chi connectivity index (χ3n) is 3.90. The minimum atomic E-state index is 0.399. The second-order valence-corrected chi connectivity index (χ2v) is 5.26. The van der Waals surface area contributed by atoms with Crippen molar-refractivity contribution in [3.8, 4) is 0 Å². The van der Waals surface area contributed by atoms with Crippen LogP contribution >= 0.6 is 0 Å². The SMILES string of the molecule is CCCc1ccc(C2(C)CCNCC2)cc1. The second kappa shape index (κ2) is 5.01. The molecule has 16 heavy (non-hydrogen) atoms. The molecule has 1 saturated heterocycles. The average molecular weight is 217 g/mol. The minimum absolute atomic E-state index is 0.399.